The Morgan fingerprint density at radius 3 is 2.68 bits per heavy atom. The van der Waals surface area contributed by atoms with Crippen LogP contribution in [0.4, 0.5) is 0 Å². The number of benzene rings is 1. The van der Waals surface area contributed by atoms with Crippen LogP contribution < -0.4 is 4.74 Å². The van der Waals surface area contributed by atoms with E-state index >= 15 is 0 Å². The molecule has 0 radical (unpaired) electrons. The highest BCUT2D eigenvalue weighted by molar-refractivity contribution is 7.71. The maximum absolute atomic E-state index is 5.83. The van der Waals surface area contributed by atoms with Gasteiger partial charge in [0.25, 0.3) is 0 Å². The first-order valence-electron chi connectivity index (χ1n) is 7.90. The Balaban J connectivity index is 1.71. The van der Waals surface area contributed by atoms with Crippen molar-refractivity contribution in [3.8, 4) is 5.75 Å². The Morgan fingerprint density at radius 1 is 1.28 bits per heavy atom. The van der Waals surface area contributed by atoms with E-state index in [4.69, 9.17) is 17.0 Å². The fourth-order valence-corrected chi connectivity index (χ4v) is 3.02. The van der Waals surface area contributed by atoms with Crippen LogP contribution in [0.15, 0.2) is 46.2 Å². The summed E-state index contributed by atoms with van der Waals surface area (Å²) in [5.41, 5.74) is 2.41. The average Bonchev–Trinajstić information content (AvgIpc) is 3.20. The number of ether oxygens (including phenoxy) is 1. The van der Waals surface area contributed by atoms with Crippen LogP contribution in [0.3, 0.4) is 0 Å². The van der Waals surface area contributed by atoms with Crippen molar-refractivity contribution < 1.29 is 4.74 Å². The number of hydrogen-bond donors (Lipinski definition) is 1. The third-order valence-electron chi connectivity index (χ3n) is 3.67. The van der Waals surface area contributed by atoms with Gasteiger partial charge in [-0.2, -0.15) is 26.2 Å². The monoisotopic (exact) mass is 372 g/mol. The lowest BCUT2D eigenvalue weighted by Gasteiger charge is -2.19. The number of hydrogen-bond acceptors (Lipinski definition) is 5. The van der Waals surface area contributed by atoms with Crippen molar-refractivity contribution in [1.82, 2.24) is 14.9 Å². The number of nitrogens with one attached hydrogen (secondary N) is 1. The van der Waals surface area contributed by atoms with Crippen LogP contribution in [0.2, 0.25) is 0 Å². The van der Waals surface area contributed by atoms with E-state index < -0.39 is 0 Å². The SMILES string of the molecule is CC(C)(C)c1ccc(OCc2n[nH]c(=S)n2/N=C\c2ccsc2)cc1. The molecule has 0 saturated carbocycles. The third kappa shape index (κ3) is 4.43. The summed E-state index contributed by atoms with van der Waals surface area (Å²) in [6, 6.07) is 10.1. The van der Waals surface area contributed by atoms with E-state index in [0.29, 0.717) is 10.6 Å². The lowest BCUT2D eigenvalue weighted by Crippen LogP contribution is -2.10. The molecule has 0 unspecified atom stereocenters. The molecule has 1 aromatic carbocycles. The molecule has 130 valence electrons. The van der Waals surface area contributed by atoms with Crippen LogP contribution in [0.1, 0.15) is 37.7 Å². The molecule has 0 atom stereocenters. The summed E-state index contributed by atoms with van der Waals surface area (Å²) in [6.07, 6.45) is 1.75. The molecule has 2 heterocycles. The molecule has 0 fully saturated rings. The summed E-state index contributed by atoms with van der Waals surface area (Å²) in [5, 5.41) is 15.4. The van der Waals surface area contributed by atoms with Gasteiger partial charge < -0.3 is 4.74 Å². The molecule has 25 heavy (non-hydrogen) atoms. The van der Waals surface area contributed by atoms with Crippen molar-refractivity contribution in [3.63, 3.8) is 0 Å². The molecule has 0 saturated heterocycles. The molecule has 1 N–H and O–H groups in total. The number of thiophene rings is 1. The molecular weight excluding hydrogens is 352 g/mol. The lowest BCUT2D eigenvalue weighted by molar-refractivity contribution is 0.290. The number of H-pyrrole nitrogens is 1. The second-order valence-corrected chi connectivity index (χ2v) is 7.79. The molecule has 2 aromatic heterocycles. The van der Waals surface area contributed by atoms with Gasteiger partial charge in [0.1, 0.15) is 12.4 Å². The first-order valence-corrected chi connectivity index (χ1v) is 9.25. The smallest absolute Gasteiger partial charge is 0.216 e. The highest BCUT2D eigenvalue weighted by atomic mass is 32.1. The van der Waals surface area contributed by atoms with Gasteiger partial charge in [-0.25, -0.2) is 5.10 Å². The van der Waals surface area contributed by atoms with Crippen molar-refractivity contribution in [3.05, 3.63) is 62.8 Å². The van der Waals surface area contributed by atoms with Crippen LogP contribution >= 0.6 is 23.6 Å². The minimum atomic E-state index is 0.122. The maximum atomic E-state index is 5.83. The van der Waals surface area contributed by atoms with Crippen molar-refractivity contribution in [2.45, 2.75) is 32.8 Å². The second kappa shape index (κ2) is 7.33. The summed E-state index contributed by atoms with van der Waals surface area (Å²) in [5.74, 6) is 1.41. The predicted molar refractivity (Wildman–Crippen MR) is 104 cm³/mol. The fourth-order valence-electron chi connectivity index (χ4n) is 2.21. The standard InChI is InChI=1S/C18H20N4OS2/c1-18(2,3)14-4-6-15(7-5-14)23-11-16-20-21-17(24)22(16)19-10-13-8-9-25-12-13/h4-10,12H,11H2,1-3H3,(H,21,24)/b19-10-. The number of aromatic nitrogens is 3. The maximum Gasteiger partial charge on any atom is 0.216 e. The van der Waals surface area contributed by atoms with Gasteiger partial charge in [0.05, 0.1) is 6.21 Å². The fraction of sp³-hybridized carbons (Fsp3) is 0.278. The quantitative estimate of drug-likeness (QED) is 0.519. The van der Waals surface area contributed by atoms with E-state index in [2.05, 4.69) is 48.2 Å². The van der Waals surface area contributed by atoms with Gasteiger partial charge in [0, 0.05) is 5.56 Å². The van der Waals surface area contributed by atoms with E-state index in [1.165, 1.54) is 5.56 Å². The van der Waals surface area contributed by atoms with Gasteiger partial charge in [-0.05, 0) is 52.2 Å². The van der Waals surface area contributed by atoms with Crippen LogP contribution in [0.5, 0.6) is 5.75 Å². The largest absolute Gasteiger partial charge is 0.486 e. The molecule has 0 spiro atoms. The summed E-state index contributed by atoms with van der Waals surface area (Å²) in [6.45, 7) is 6.84. The lowest BCUT2D eigenvalue weighted by atomic mass is 9.87. The highest BCUT2D eigenvalue weighted by Gasteiger charge is 2.13. The topological polar surface area (TPSA) is 55.2 Å². The van der Waals surface area contributed by atoms with Crippen LogP contribution in [0, 0.1) is 4.77 Å². The molecular formula is C18H20N4OS2. The Bertz CT molecular complexity index is 900. The summed E-state index contributed by atoms with van der Waals surface area (Å²) < 4.78 is 7.85. The zero-order valence-corrected chi connectivity index (χ0v) is 16.0. The molecule has 0 aliphatic carbocycles. The van der Waals surface area contributed by atoms with Crippen LogP contribution in [0.25, 0.3) is 0 Å². The Morgan fingerprint density at radius 2 is 2.04 bits per heavy atom. The Hall–Kier alpha value is -2.25. The molecule has 5 nitrogen and oxygen atoms in total. The van der Waals surface area contributed by atoms with Crippen molar-refractivity contribution in [2.24, 2.45) is 5.10 Å². The van der Waals surface area contributed by atoms with Gasteiger partial charge in [-0.1, -0.05) is 32.9 Å². The van der Waals surface area contributed by atoms with E-state index in [-0.39, 0.29) is 12.0 Å². The average molecular weight is 373 g/mol. The molecule has 7 heteroatoms. The molecule has 3 aromatic rings. The Labute approximate surface area is 156 Å². The molecule has 0 aliphatic rings. The highest BCUT2D eigenvalue weighted by Crippen LogP contribution is 2.24. The number of aromatic amines is 1. The Kier molecular flexibility index (Phi) is 5.15. The van der Waals surface area contributed by atoms with E-state index in [1.807, 2.05) is 29.0 Å². The van der Waals surface area contributed by atoms with Gasteiger partial charge in [0.15, 0.2) is 5.82 Å². The first-order chi connectivity index (χ1) is 11.9. The van der Waals surface area contributed by atoms with Gasteiger partial charge >= 0.3 is 0 Å². The van der Waals surface area contributed by atoms with Gasteiger partial charge in [0.2, 0.25) is 4.77 Å². The van der Waals surface area contributed by atoms with Crippen molar-refractivity contribution >= 4 is 29.8 Å². The molecule has 0 aliphatic heterocycles. The second-order valence-electron chi connectivity index (χ2n) is 6.62. The van der Waals surface area contributed by atoms with Crippen molar-refractivity contribution in [2.75, 3.05) is 0 Å². The minimum Gasteiger partial charge on any atom is -0.486 e. The summed E-state index contributed by atoms with van der Waals surface area (Å²) in [7, 11) is 0. The van der Waals surface area contributed by atoms with Gasteiger partial charge in [-0.3, -0.25) is 0 Å². The zero-order valence-electron chi connectivity index (χ0n) is 14.4. The normalized spacial score (nSPS) is 12.0. The molecule has 3 rings (SSSR count). The number of rotatable bonds is 5. The predicted octanol–water partition coefficient (Wildman–Crippen LogP) is 4.76. The summed E-state index contributed by atoms with van der Waals surface area (Å²) in [4.78, 5) is 0. The molecule has 0 amide bonds. The number of nitrogens with zero attached hydrogens (tertiary/aromatic N) is 3. The van der Waals surface area contributed by atoms with Crippen molar-refractivity contribution in [1.29, 1.82) is 0 Å². The molecule has 0 bridgehead atoms. The zero-order chi connectivity index (χ0) is 17.9. The van der Waals surface area contributed by atoms with E-state index in [9.17, 15) is 0 Å². The minimum absolute atomic E-state index is 0.122. The van der Waals surface area contributed by atoms with Crippen LogP contribution in [-0.2, 0) is 12.0 Å². The van der Waals surface area contributed by atoms with E-state index in [0.717, 1.165) is 11.3 Å². The van der Waals surface area contributed by atoms with Crippen LogP contribution in [-0.4, -0.2) is 21.1 Å². The first kappa shape index (κ1) is 17.6. The van der Waals surface area contributed by atoms with Gasteiger partial charge in [-0.15, -0.1) is 0 Å². The van der Waals surface area contributed by atoms with E-state index in [1.54, 1.807) is 22.2 Å². The third-order valence-corrected chi connectivity index (χ3v) is 4.64. The summed E-state index contributed by atoms with van der Waals surface area (Å²) >= 11 is 6.86.